The molecule has 9 heteroatoms. The van der Waals surface area contributed by atoms with Crippen molar-refractivity contribution in [1.82, 2.24) is 0 Å². The molecule has 0 aliphatic rings. The number of benzene rings is 3. The predicted octanol–water partition coefficient (Wildman–Crippen LogP) is 4.34. The van der Waals surface area contributed by atoms with Gasteiger partial charge in [-0.1, -0.05) is 30.3 Å². The van der Waals surface area contributed by atoms with Crippen molar-refractivity contribution >= 4 is 27.3 Å². The Morgan fingerprint density at radius 2 is 1.48 bits per heavy atom. The summed E-state index contributed by atoms with van der Waals surface area (Å²) in [7, 11) is -3.75. The van der Waals surface area contributed by atoms with Gasteiger partial charge in [0.2, 0.25) is 0 Å². The monoisotopic (exact) mass is 418 g/mol. The molecule has 0 aliphatic heterocycles. The van der Waals surface area contributed by atoms with Crippen LogP contribution in [0.15, 0.2) is 83.8 Å². The second-order valence-electron chi connectivity index (χ2n) is 5.82. The number of anilines is 2. The highest BCUT2D eigenvalue weighted by molar-refractivity contribution is 7.92. The lowest BCUT2D eigenvalue weighted by Gasteiger charge is -2.12. The Kier molecular flexibility index (Phi) is 6.08. The molecule has 0 saturated carbocycles. The molecule has 150 valence electrons. The van der Waals surface area contributed by atoms with Gasteiger partial charge in [-0.2, -0.15) is 8.78 Å². The van der Waals surface area contributed by atoms with Gasteiger partial charge >= 0.3 is 6.61 Å². The zero-order chi connectivity index (χ0) is 20.9. The third-order valence-corrected chi connectivity index (χ3v) is 5.20. The van der Waals surface area contributed by atoms with E-state index in [1.807, 2.05) is 0 Å². The van der Waals surface area contributed by atoms with Crippen LogP contribution in [0.2, 0.25) is 0 Å². The Morgan fingerprint density at radius 1 is 0.862 bits per heavy atom. The van der Waals surface area contributed by atoms with E-state index in [1.54, 1.807) is 24.3 Å². The van der Waals surface area contributed by atoms with Crippen LogP contribution in [0.5, 0.6) is 5.75 Å². The molecule has 3 aromatic carbocycles. The summed E-state index contributed by atoms with van der Waals surface area (Å²) in [5.41, 5.74) is 0.568. The standard InChI is InChI=1S/C20H16F2N2O4S/c21-20(22)28-18-9-5-4-8-17(18)23-19(25)14-10-12-15(13-11-14)24-29(26,27)16-6-2-1-3-7-16/h1-13,20,24H,(H,23,25). The molecule has 0 saturated heterocycles. The van der Waals surface area contributed by atoms with Crippen LogP contribution in [0.3, 0.4) is 0 Å². The molecule has 0 radical (unpaired) electrons. The van der Waals surface area contributed by atoms with Gasteiger partial charge < -0.3 is 10.1 Å². The maximum atomic E-state index is 12.5. The number of para-hydroxylation sites is 2. The van der Waals surface area contributed by atoms with Crippen molar-refractivity contribution in [3.63, 3.8) is 0 Å². The quantitative estimate of drug-likeness (QED) is 0.598. The number of sulfonamides is 1. The molecule has 0 heterocycles. The number of hydrogen-bond acceptors (Lipinski definition) is 4. The number of nitrogens with one attached hydrogen (secondary N) is 2. The molecule has 0 bridgehead atoms. The molecule has 29 heavy (non-hydrogen) atoms. The molecular weight excluding hydrogens is 402 g/mol. The van der Waals surface area contributed by atoms with E-state index in [4.69, 9.17) is 0 Å². The molecule has 0 fully saturated rings. The van der Waals surface area contributed by atoms with E-state index in [-0.39, 0.29) is 27.6 Å². The first-order valence-electron chi connectivity index (χ1n) is 8.38. The Labute approximate surface area is 166 Å². The third kappa shape index (κ3) is 5.29. The van der Waals surface area contributed by atoms with Crippen LogP contribution in [0, 0.1) is 0 Å². The molecule has 3 rings (SSSR count). The first kappa shape index (κ1) is 20.3. The van der Waals surface area contributed by atoms with E-state index < -0.39 is 22.5 Å². The molecule has 6 nitrogen and oxygen atoms in total. The molecule has 1 amide bonds. The summed E-state index contributed by atoms with van der Waals surface area (Å²) in [5, 5.41) is 2.49. The van der Waals surface area contributed by atoms with Gasteiger partial charge in [0.25, 0.3) is 15.9 Å². The minimum absolute atomic E-state index is 0.0895. The fourth-order valence-corrected chi connectivity index (χ4v) is 3.55. The number of rotatable bonds is 7. The smallest absolute Gasteiger partial charge is 0.387 e. The summed E-state index contributed by atoms with van der Waals surface area (Å²) < 4.78 is 56.4. The average Bonchev–Trinajstić information content (AvgIpc) is 2.70. The lowest BCUT2D eigenvalue weighted by Crippen LogP contribution is -2.15. The average molecular weight is 418 g/mol. The summed E-state index contributed by atoms with van der Waals surface area (Å²) >= 11 is 0. The first-order chi connectivity index (χ1) is 13.8. The fourth-order valence-electron chi connectivity index (χ4n) is 2.47. The summed E-state index contributed by atoms with van der Waals surface area (Å²) in [6.45, 7) is -3.02. The van der Waals surface area contributed by atoms with E-state index in [0.29, 0.717) is 0 Å². The van der Waals surface area contributed by atoms with Crippen molar-refractivity contribution < 1.29 is 26.7 Å². The summed E-state index contributed by atoms with van der Waals surface area (Å²) in [6.07, 6.45) is 0. The number of hydrogen-bond donors (Lipinski definition) is 2. The minimum atomic E-state index is -3.75. The second-order valence-corrected chi connectivity index (χ2v) is 7.51. The first-order valence-corrected chi connectivity index (χ1v) is 9.86. The van der Waals surface area contributed by atoms with Crippen molar-refractivity contribution in [2.24, 2.45) is 0 Å². The largest absolute Gasteiger partial charge is 0.433 e. The molecule has 2 N–H and O–H groups in total. The number of alkyl halides is 2. The highest BCUT2D eigenvalue weighted by Crippen LogP contribution is 2.26. The molecule has 0 atom stereocenters. The van der Waals surface area contributed by atoms with Crippen molar-refractivity contribution in [2.75, 3.05) is 10.0 Å². The molecule has 0 unspecified atom stereocenters. The fraction of sp³-hybridized carbons (Fsp3) is 0.0500. The Morgan fingerprint density at radius 3 is 2.14 bits per heavy atom. The van der Waals surface area contributed by atoms with Crippen LogP contribution in [-0.4, -0.2) is 20.9 Å². The Hall–Kier alpha value is -3.46. The lowest BCUT2D eigenvalue weighted by atomic mass is 10.2. The van der Waals surface area contributed by atoms with Gasteiger partial charge in [0.05, 0.1) is 10.6 Å². The zero-order valence-electron chi connectivity index (χ0n) is 14.9. The maximum absolute atomic E-state index is 12.5. The van der Waals surface area contributed by atoms with Crippen molar-refractivity contribution in [2.45, 2.75) is 11.5 Å². The SMILES string of the molecule is O=C(Nc1ccccc1OC(F)F)c1ccc(NS(=O)(=O)c2ccccc2)cc1. The van der Waals surface area contributed by atoms with Gasteiger partial charge in [0.15, 0.2) is 0 Å². The maximum Gasteiger partial charge on any atom is 0.387 e. The topological polar surface area (TPSA) is 84.5 Å². The van der Waals surface area contributed by atoms with Crippen LogP contribution in [0.4, 0.5) is 20.2 Å². The summed E-state index contributed by atoms with van der Waals surface area (Å²) in [6, 6.07) is 19.3. The zero-order valence-corrected chi connectivity index (χ0v) is 15.7. The Bertz CT molecular complexity index is 1090. The third-order valence-electron chi connectivity index (χ3n) is 3.80. The number of carbonyl (C=O) groups excluding carboxylic acids is 1. The number of amides is 1. The van der Waals surface area contributed by atoms with Gasteiger partial charge in [-0.05, 0) is 48.5 Å². The minimum Gasteiger partial charge on any atom is -0.433 e. The van der Waals surface area contributed by atoms with Gasteiger partial charge in [0, 0.05) is 11.3 Å². The van der Waals surface area contributed by atoms with Gasteiger partial charge in [-0.3, -0.25) is 9.52 Å². The van der Waals surface area contributed by atoms with Gasteiger partial charge in [-0.15, -0.1) is 0 Å². The van der Waals surface area contributed by atoms with E-state index in [0.717, 1.165) is 0 Å². The van der Waals surface area contributed by atoms with Crippen LogP contribution >= 0.6 is 0 Å². The molecule has 0 aliphatic carbocycles. The van der Waals surface area contributed by atoms with Crippen molar-refractivity contribution in [3.05, 3.63) is 84.4 Å². The van der Waals surface area contributed by atoms with Crippen LogP contribution in [0.25, 0.3) is 0 Å². The number of carbonyl (C=O) groups is 1. The second kappa shape index (κ2) is 8.70. The summed E-state index contributed by atoms with van der Waals surface area (Å²) in [4.78, 5) is 12.5. The highest BCUT2D eigenvalue weighted by Gasteiger charge is 2.15. The molecule has 0 aromatic heterocycles. The summed E-state index contributed by atoms with van der Waals surface area (Å²) in [5.74, 6) is -0.726. The lowest BCUT2D eigenvalue weighted by molar-refractivity contribution is -0.0493. The molecule has 3 aromatic rings. The Balaban J connectivity index is 1.71. The number of halogens is 2. The highest BCUT2D eigenvalue weighted by atomic mass is 32.2. The van der Waals surface area contributed by atoms with Crippen molar-refractivity contribution in [3.8, 4) is 5.75 Å². The van der Waals surface area contributed by atoms with E-state index >= 15 is 0 Å². The van der Waals surface area contributed by atoms with Gasteiger partial charge in [0.1, 0.15) is 5.75 Å². The van der Waals surface area contributed by atoms with Crippen LogP contribution in [-0.2, 0) is 10.0 Å². The predicted molar refractivity (Wildman–Crippen MR) is 105 cm³/mol. The van der Waals surface area contributed by atoms with Crippen LogP contribution in [0.1, 0.15) is 10.4 Å². The molecular formula is C20H16F2N2O4S. The van der Waals surface area contributed by atoms with Crippen LogP contribution < -0.4 is 14.8 Å². The molecule has 0 spiro atoms. The van der Waals surface area contributed by atoms with E-state index in [1.165, 1.54) is 54.6 Å². The van der Waals surface area contributed by atoms with E-state index in [2.05, 4.69) is 14.8 Å². The number of ether oxygens (including phenoxy) is 1. The van der Waals surface area contributed by atoms with Crippen molar-refractivity contribution in [1.29, 1.82) is 0 Å². The van der Waals surface area contributed by atoms with Gasteiger partial charge in [-0.25, -0.2) is 8.42 Å². The normalized spacial score (nSPS) is 11.1. The van der Waals surface area contributed by atoms with E-state index in [9.17, 15) is 22.0 Å².